The Kier molecular flexibility index (Phi) is 6.81. The van der Waals surface area contributed by atoms with Gasteiger partial charge in [-0.15, -0.1) is 0 Å². The van der Waals surface area contributed by atoms with Gasteiger partial charge in [-0.2, -0.15) is 0 Å². The van der Waals surface area contributed by atoms with Crippen LogP contribution >= 0.6 is 0 Å². The van der Waals surface area contributed by atoms with Crippen molar-refractivity contribution in [2.24, 2.45) is 0 Å². The van der Waals surface area contributed by atoms with E-state index < -0.39 is 0 Å². The Bertz CT molecular complexity index is 794. The number of benzene rings is 1. The van der Waals surface area contributed by atoms with Gasteiger partial charge in [-0.25, -0.2) is 0 Å². The van der Waals surface area contributed by atoms with E-state index >= 15 is 0 Å². The molecule has 1 aliphatic heterocycles. The lowest BCUT2D eigenvalue weighted by molar-refractivity contribution is -0.117. The Balaban J connectivity index is 1.67. The smallest absolute Gasteiger partial charge is 0.254 e. The number of anilines is 1. The molecule has 150 valence electrons. The predicted molar refractivity (Wildman–Crippen MR) is 107 cm³/mol. The monoisotopic (exact) mass is 384 g/mol. The quantitative estimate of drug-likeness (QED) is 0.757. The lowest BCUT2D eigenvalue weighted by Crippen LogP contribution is -2.42. The van der Waals surface area contributed by atoms with Crippen molar-refractivity contribution in [2.75, 3.05) is 38.0 Å². The van der Waals surface area contributed by atoms with Crippen LogP contribution in [0.3, 0.4) is 0 Å². The van der Waals surface area contributed by atoms with Crippen molar-refractivity contribution in [3.05, 3.63) is 47.2 Å². The Morgan fingerprint density at radius 3 is 2.54 bits per heavy atom. The summed E-state index contributed by atoms with van der Waals surface area (Å²) in [5, 5.41) is 6.47. The Labute approximate surface area is 165 Å². The number of aromatic nitrogens is 1. The molecule has 3 rings (SSSR count). The zero-order valence-electron chi connectivity index (χ0n) is 16.6. The summed E-state index contributed by atoms with van der Waals surface area (Å²) in [6.45, 7) is 7.21. The van der Waals surface area contributed by atoms with E-state index in [2.05, 4.69) is 22.3 Å². The van der Waals surface area contributed by atoms with Gasteiger partial charge in [0.05, 0.1) is 0 Å². The summed E-state index contributed by atoms with van der Waals surface area (Å²) < 4.78 is 4.97. The number of hydrogen-bond acceptors (Lipinski definition) is 5. The topological polar surface area (TPSA) is 78.7 Å². The van der Waals surface area contributed by atoms with Crippen molar-refractivity contribution < 1.29 is 14.1 Å². The van der Waals surface area contributed by atoms with Gasteiger partial charge in [0.15, 0.2) is 5.82 Å². The van der Waals surface area contributed by atoms with Crippen molar-refractivity contribution >= 4 is 17.6 Å². The molecule has 1 aromatic heterocycles. The molecule has 1 aromatic carbocycles. The molecule has 0 atom stereocenters. The molecule has 1 saturated heterocycles. The van der Waals surface area contributed by atoms with E-state index in [0.717, 1.165) is 26.1 Å². The van der Waals surface area contributed by atoms with E-state index in [-0.39, 0.29) is 18.4 Å². The summed E-state index contributed by atoms with van der Waals surface area (Å²) in [4.78, 5) is 29.4. The Morgan fingerprint density at radius 2 is 1.93 bits per heavy atom. The maximum atomic E-state index is 13.0. The molecule has 7 nitrogen and oxygen atoms in total. The second kappa shape index (κ2) is 9.50. The van der Waals surface area contributed by atoms with Crippen LogP contribution in [-0.2, 0) is 11.2 Å². The first kappa shape index (κ1) is 20.1. The van der Waals surface area contributed by atoms with Gasteiger partial charge in [0, 0.05) is 24.7 Å². The predicted octanol–water partition coefficient (Wildman–Crippen LogP) is 2.72. The summed E-state index contributed by atoms with van der Waals surface area (Å²) in [5.74, 6) is 0.566. The summed E-state index contributed by atoms with van der Waals surface area (Å²) in [6.07, 6.45) is 3.31. The number of aryl methyl sites for hydroxylation is 2. The lowest BCUT2D eigenvalue weighted by atomic mass is 10.1. The molecule has 0 bridgehead atoms. The maximum absolute atomic E-state index is 13.0. The summed E-state index contributed by atoms with van der Waals surface area (Å²) in [6, 6.07) is 9.25. The molecular weight excluding hydrogens is 356 g/mol. The van der Waals surface area contributed by atoms with Gasteiger partial charge in [-0.3, -0.25) is 9.59 Å². The molecular formula is C21H28N4O3. The molecule has 28 heavy (non-hydrogen) atoms. The van der Waals surface area contributed by atoms with Crippen LogP contribution in [-0.4, -0.2) is 59.5 Å². The third-order valence-corrected chi connectivity index (χ3v) is 5.01. The first-order chi connectivity index (χ1) is 13.5. The van der Waals surface area contributed by atoms with Crippen LogP contribution < -0.4 is 5.32 Å². The maximum Gasteiger partial charge on any atom is 0.254 e. The molecule has 0 unspecified atom stereocenters. The zero-order valence-corrected chi connectivity index (χ0v) is 16.6. The van der Waals surface area contributed by atoms with Crippen LogP contribution in [0, 0.1) is 6.92 Å². The average molecular weight is 384 g/mol. The van der Waals surface area contributed by atoms with Crippen LogP contribution in [0.4, 0.5) is 5.82 Å². The highest BCUT2D eigenvalue weighted by Crippen LogP contribution is 2.12. The number of carbonyl (C=O) groups excluding carboxylic acids is 2. The number of likely N-dealkylation sites (tertiary alicyclic amines) is 1. The summed E-state index contributed by atoms with van der Waals surface area (Å²) >= 11 is 0. The van der Waals surface area contributed by atoms with Crippen LogP contribution in [0.15, 0.2) is 34.9 Å². The van der Waals surface area contributed by atoms with E-state index in [1.54, 1.807) is 17.9 Å². The molecule has 0 spiro atoms. The second-order valence-electron chi connectivity index (χ2n) is 7.20. The van der Waals surface area contributed by atoms with Crippen molar-refractivity contribution in [2.45, 2.75) is 33.1 Å². The third kappa shape index (κ3) is 5.42. The molecule has 0 aliphatic carbocycles. The Hall–Kier alpha value is -2.67. The van der Waals surface area contributed by atoms with Gasteiger partial charge in [-0.1, -0.05) is 24.2 Å². The van der Waals surface area contributed by atoms with Gasteiger partial charge in [0.25, 0.3) is 5.91 Å². The SMILES string of the molecule is CCc1ccc(C(=O)N(CCN2CCCC2)CC(=O)Nc2cc(C)on2)cc1. The molecule has 2 heterocycles. The fourth-order valence-electron chi connectivity index (χ4n) is 3.37. The van der Waals surface area contributed by atoms with E-state index in [4.69, 9.17) is 4.52 Å². The first-order valence-corrected chi connectivity index (χ1v) is 9.89. The second-order valence-corrected chi connectivity index (χ2v) is 7.20. The largest absolute Gasteiger partial charge is 0.360 e. The van der Waals surface area contributed by atoms with E-state index in [1.165, 1.54) is 18.4 Å². The third-order valence-electron chi connectivity index (χ3n) is 5.01. The van der Waals surface area contributed by atoms with Crippen LogP contribution in [0.5, 0.6) is 0 Å². The van der Waals surface area contributed by atoms with Gasteiger partial charge >= 0.3 is 0 Å². The van der Waals surface area contributed by atoms with Crippen LogP contribution in [0.25, 0.3) is 0 Å². The van der Waals surface area contributed by atoms with Gasteiger partial charge in [0.2, 0.25) is 5.91 Å². The molecule has 1 fully saturated rings. The molecule has 2 amide bonds. The van der Waals surface area contributed by atoms with Gasteiger partial charge < -0.3 is 19.6 Å². The van der Waals surface area contributed by atoms with Crippen LogP contribution in [0.2, 0.25) is 0 Å². The van der Waals surface area contributed by atoms with Gasteiger partial charge in [0.1, 0.15) is 12.3 Å². The summed E-state index contributed by atoms with van der Waals surface area (Å²) in [7, 11) is 0. The molecule has 0 radical (unpaired) electrons. The lowest BCUT2D eigenvalue weighted by Gasteiger charge is -2.25. The van der Waals surface area contributed by atoms with Crippen molar-refractivity contribution in [3.8, 4) is 0 Å². The summed E-state index contributed by atoms with van der Waals surface area (Å²) in [5.41, 5.74) is 1.78. The highest BCUT2D eigenvalue weighted by molar-refractivity contribution is 5.99. The van der Waals surface area contributed by atoms with Crippen molar-refractivity contribution in [1.29, 1.82) is 0 Å². The number of nitrogens with zero attached hydrogens (tertiary/aromatic N) is 3. The minimum absolute atomic E-state index is 0.0197. The number of carbonyl (C=O) groups is 2. The number of hydrogen-bond donors (Lipinski definition) is 1. The van der Waals surface area contributed by atoms with E-state index in [9.17, 15) is 9.59 Å². The van der Waals surface area contributed by atoms with E-state index in [0.29, 0.717) is 23.7 Å². The molecule has 1 aliphatic rings. The standard InChI is InChI=1S/C21H28N4O3/c1-3-17-6-8-18(9-7-17)21(27)25(13-12-24-10-4-5-11-24)15-20(26)22-19-14-16(2)28-23-19/h6-9,14H,3-5,10-13,15H2,1-2H3,(H,22,23,26). The van der Waals surface area contributed by atoms with Crippen molar-refractivity contribution in [3.63, 3.8) is 0 Å². The van der Waals surface area contributed by atoms with Crippen molar-refractivity contribution in [1.82, 2.24) is 15.0 Å². The number of nitrogens with one attached hydrogen (secondary N) is 1. The number of amides is 2. The minimum atomic E-state index is -0.284. The minimum Gasteiger partial charge on any atom is -0.360 e. The van der Waals surface area contributed by atoms with Crippen LogP contribution in [0.1, 0.15) is 41.4 Å². The zero-order chi connectivity index (χ0) is 19.9. The molecule has 2 aromatic rings. The van der Waals surface area contributed by atoms with E-state index in [1.807, 2.05) is 24.3 Å². The molecule has 1 N–H and O–H groups in total. The highest BCUT2D eigenvalue weighted by Gasteiger charge is 2.21. The highest BCUT2D eigenvalue weighted by atomic mass is 16.5. The first-order valence-electron chi connectivity index (χ1n) is 9.89. The van der Waals surface area contributed by atoms with Gasteiger partial charge in [-0.05, 0) is 57.0 Å². The molecule has 0 saturated carbocycles. The molecule has 7 heteroatoms. The number of rotatable bonds is 8. The Morgan fingerprint density at radius 1 is 1.21 bits per heavy atom. The average Bonchev–Trinajstić information content (AvgIpc) is 3.36. The normalized spacial score (nSPS) is 14.2. The fraction of sp³-hybridized carbons (Fsp3) is 0.476. The fourth-order valence-corrected chi connectivity index (χ4v) is 3.37.